The van der Waals surface area contributed by atoms with Crippen LogP contribution in [0.4, 0.5) is 0 Å². The fourth-order valence-corrected chi connectivity index (χ4v) is 5.42. The van der Waals surface area contributed by atoms with Gasteiger partial charge >= 0.3 is 0 Å². The molecule has 1 fully saturated rings. The van der Waals surface area contributed by atoms with Crippen LogP contribution in [0.15, 0.2) is 24.3 Å². The van der Waals surface area contributed by atoms with Crippen molar-refractivity contribution in [3.8, 4) is 34.5 Å². The third-order valence-electron chi connectivity index (χ3n) is 7.30. The lowest BCUT2D eigenvalue weighted by Gasteiger charge is -2.50. The van der Waals surface area contributed by atoms with E-state index in [1.54, 1.807) is 21.3 Å². The lowest BCUT2D eigenvalue weighted by atomic mass is 9.73. The fourth-order valence-electron chi connectivity index (χ4n) is 5.42. The Kier molecular flexibility index (Phi) is 5.24. The molecule has 7 heteroatoms. The summed E-state index contributed by atoms with van der Waals surface area (Å²) in [4.78, 5) is 2.46. The van der Waals surface area contributed by atoms with E-state index in [9.17, 15) is 0 Å². The summed E-state index contributed by atoms with van der Waals surface area (Å²) in [5, 5.41) is 0. The molecule has 7 nitrogen and oxygen atoms in total. The van der Waals surface area contributed by atoms with Crippen LogP contribution in [-0.4, -0.2) is 51.8 Å². The maximum atomic E-state index is 6.77. The maximum Gasteiger partial charge on any atom is 0.231 e. The number of ether oxygens (including phenoxy) is 6. The molecule has 1 saturated heterocycles. The lowest BCUT2D eigenvalue weighted by Crippen LogP contribution is -2.57. The summed E-state index contributed by atoms with van der Waals surface area (Å²) < 4.78 is 35.4. The highest BCUT2D eigenvalue weighted by Gasteiger charge is 2.51. The van der Waals surface area contributed by atoms with Crippen molar-refractivity contribution < 1.29 is 28.4 Å². The summed E-state index contributed by atoms with van der Waals surface area (Å²) in [5.41, 5.74) is 1.54. The minimum absolute atomic E-state index is 0.0466. The number of hydrogen-bond donors (Lipinski definition) is 0. The van der Waals surface area contributed by atoms with Crippen molar-refractivity contribution in [3.63, 3.8) is 0 Å². The molecule has 3 heterocycles. The van der Waals surface area contributed by atoms with E-state index in [1.165, 1.54) is 12.8 Å². The molecule has 3 aliphatic rings. The first kappa shape index (κ1) is 21.1. The van der Waals surface area contributed by atoms with E-state index >= 15 is 0 Å². The lowest BCUT2D eigenvalue weighted by molar-refractivity contribution is -0.114. The van der Waals surface area contributed by atoms with Crippen LogP contribution in [-0.2, 0) is 0 Å². The largest absolute Gasteiger partial charge is 0.496 e. The van der Waals surface area contributed by atoms with Crippen molar-refractivity contribution in [2.75, 3.05) is 41.2 Å². The molecule has 2 aromatic carbocycles. The first-order chi connectivity index (χ1) is 15.5. The summed E-state index contributed by atoms with van der Waals surface area (Å²) in [6.07, 6.45) is 2.36. The van der Waals surface area contributed by atoms with Crippen molar-refractivity contribution in [2.45, 2.75) is 38.3 Å². The van der Waals surface area contributed by atoms with E-state index in [2.05, 4.69) is 18.7 Å². The molecule has 0 aromatic heterocycles. The Labute approximate surface area is 189 Å². The van der Waals surface area contributed by atoms with Gasteiger partial charge in [0.25, 0.3) is 0 Å². The van der Waals surface area contributed by atoms with Gasteiger partial charge in [-0.05, 0) is 25.8 Å². The van der Waals surface area contributed by atoms with Crippen LogP contribution in [0.2, 0.25) is 0 Å². The van der Waals surface area contributed by atoms with E-state index in [0.717, 1.165) is 53.0 Å². The predicted octanol–water partition coefficient (Wildman–Crippen LogP) is 4.41. The Hall–Kier alpha value is -2.80. The predicted molar refractivity (Wildman–Crippen MR) is 120 cm³/mol. The number of benzene rings is 2. The molecule has 0 bridgehead atoms. The van der Waals surface area contributed by atoms with Gasteiger partial charge < -0.3 is 28.4 Å². The molecule has 0 amide bonds. The number of nitrogens with zero attached hydrogens (tertiary/aromatic N) is 1. The number of methoxy groups -OCH3 is 3. The summed E-state index contributed by atoms with van der Waals surface area (Å²) in [5.74, 6) is 4.47. The number of likely N-dealkylation sites (tertiary alicyclic amines) is 1. The maximum absolute atomic E-state index is 6.77. The summed E-state index contributed by atoms with van der Waals surface area (Å²) in [6, 6.07) is 7.85. The molecule has 0 saturated carbocycles. The van der Waals surface area contributed by atoms with Crippen molar-refractivity contribution >= 4 is 0 Å². The van der Waals surface area contributed by atoms with Crippen molar-refractivity contribution in [1.82, 2.24) is 4.90 Å². The van der Waals surface area contributed by atoms with Gasteiger partial charge in [0, 0.05) is 54.3 Å². The zero-order chi connectivity index (χ0) is 22.5. The molecular weight excluding hydrogens is 410 g/mol. The van der Waals surface area contributed by atoms with Crippen molar-refractivity contribution in [3.05, 3.63) is 35.4 Å². The van der Waals surface area contributed by atoms with E-state index in [0.29, 0.717) is 5.75 Å². The van der Waals surface area contributed by atoms with Crippen LogP contribution in [0, 0.1) is 5.92 Å². The zero-order valence-corrected chi connectivity index (χ0v) is 19.4. The van der Waals surface area contributed by atoms with E-state index in [1.807, 2.05) is 24.3 Å². The molecule has 172 valence electrons. The smallest absolute Gasteiger partial charge is 0.231 e. The quantitative estimate of drug-likeness (QED) is 0.681. The normalized spacial score (nSPS) is 26.4. The number of fused-ring (bicyclic) bond motifs is 2. The zero-order valence-electron chi connectivity index (χ0n) is 19.4. The standard InChI is InChI=1S/C25H31NO6/c1-15-23(24-21(28-4)10-16(27-3)11-22(24)29-5)17-12-19-20(31-14-30-19)13-18(17)32-25(15,2)26-8-6-7-9-26/h10-13,15,23H,6-9,14H2,1-5H3/t15-,23+,25-/m1/s1. The van der Waals surface area contributed by atoms with Gasteiger partial charge in [0.2, 0.25) is 6.79 Å². The van der Waals surface area contributed by atoms with Gasteiger partial charge in [-0.3, -0.25) is 4.90 Å². The molecule has 0 radical (unpaired) electrons. The van der Waals surface area contributed by atoms with Crippen LogP contribution in [0.25, 0.3) is 0 Å². The third-order valence-corrected chi connectivity index (χ3v) is 7.30. The Morgan fingerprint density at radius 1 is 0.875 bits per heavy atom. The third kappa shape index (κ3) is 3.13. The van der Waals surface area contributed by atoms with E-state index < -0.39 is 5.72 Å². The second-order valence-electron chi connectivity index (χ2n) is 8.81. The first-order valence-corrected chi connectivity index (χ1v) is 11.2. The van der Waals surface area contributed by atoms with Gasteiger partial charge in [0.15, 0.2) is 17.2 Å². The van der Waals surface area contributed by atoms with Crippen molar-refractivity contribution in [1.29, 1.82) is 0 Å². The second kappa shape index (κ2) is 7.96. The highest BCUT2D eigenvalue weighted by molar-refractivity contribution is 5.61. The van der Waals surface area contributed by atoms with Crippen LogP contribution >= 0.6 is 0 Å². The van der Waals surface area contributed by atoms with Crippen LogP contribution in [0.3, 0.4) is 0 Å². The molecule has 0 spiro atoms. The number of hydrogen-bond acceptors (Lipinski definition) is 7. The highest BCUT2D eigenvalue weighted by atomic mass is 16.7. The van der Waals surface area contributed by atoms with Gasteiger partial charge in [0.05, 0.1) is 21.3 Å². The molecule has 5 rings (SSSR count). The van der Waals surface area contributed by atoms with E-state index in [-0.39, 0.29) is 18.6 Å². The van der Waals surface area contributed by atoms with Gasteiger partial charge in [-0.1, -0.05) is 6.92 Å². The van der Waals surface area contributed by atoms with Gasteiger partial charge in [0.1, 0.15) is 23.0 Å². The van der Waals surface area contributed by atoms with Gasteiger partial charge in [-0.15, -0.1) is 0 Å². The van der Waals surface area contributed by atoms with Crippen LogP contribution in [0.5, 0.6) is 34.5 Å². The Bertz CT molecular complexity index is 993. The molecule has 3 atom stereocenters. The van der Waals surface area contributed by atoms with Crippen LogP contribution in [0.1, 0.15) is 43.7 Å². The monoisotopic (exact) mass is 441 g/mol. The van der Waals surface area contributed by atoms with Crippen molar-refractivity contribution in [2.24, 2.45) is 5.92 Å². The molecule has 0 N–H and O–H groups in total. The topological polar surface area (TPSA) is 58.6 Å². The van der Waals surface area contributed by atoms with Crippen LogP contribution < -0.4 is 28.4 Å². The molecule has 32 heavy (non-hydrogen) atoms. The number of rotatable bonds is 5. The Morgan fingerprint density at radius 3 is 2.09 bits per heavy atom. The fraction of sp³-hybridized carbons (Fsp3) is 0.520. The SMILES string of the molecule is COc1cc(OC)c([C@@H]2c3cc4c(cc3O[C@@](C)(N3CCCC3)[C@@H]2C)OCO4)c(OC)c1. The molecule has 0 aliphatic carbocycles. The average molecular weight is 442 g/mol. The minimum Gasteiger partial charge on any atom is -0.496 e. The first-order valence-electron chi connectivity index (χ1n) is 11.2. The van der Waals surface area contributed by atoms with Gasteiger partial charge in [-0.2, -0.15) is 0 Å². The highest BCUT2D eigenvalue weighted by Crippen LogP contribution is 2.56. The minimum atomic E-state index is -0.488. The average Bonchev–Trinajstić information content (AvgIpc) is 3.50. The molecular formula is C25H31NO6. The molecule has 3 aliphatic heterocycles. The molecule has 2 aromatic rings. The Balaban J connectivity index is 1.74. The summed E-state index contributed by atoms with van der Waals surface area (Å²) >= 11 is 0. The van der Waals surface area contributed by atoms with E-state index in [4.69, 9.17) is 28.4 Å². The second-order valence-corrected chi connectivity index (χ2v) is 8.81. The van der Waals surface area contributed by atoms with Gasteiger partial charge in [-0.25, -0.2) is 0 Å². The Morgan fingerprint density at radius 2 is 1.50 bits per heavy atom. The summed E-state index contributed by atoms with van der Waals surface area (Å²) in [6.45, 7) is 6.71. The molecule has 0 unspecified atom stereocenters. The summed E-state index contributed by atoms with van der Waals surface area (Å²) in [7, 11) is 5.01.